The molecule has 1 aromatic heterocycles. The first-order valence-electron chi connectivity index (χ1n) is 12.5. The van der Waals surface area contributed by atoms with Crippen LogP contribution in [0.1, 0.15) is 25.3 Å². The molecule has 0 bridgehead atoms. The number of benzene rings is 2. The summed E-state index contributed by atoms with van der Waals surface area (Å²) in [6.07, 6.45) is 11.1. The highest BCUT2D eigenvalue weighted by molar-refractivity contribution is 5.79. The van der Waals surface area contributed by atoms with Crippen LogP contribution in [0.2, 0.25) is 0 Å². The average Bonchev–Trinajstić information content (AvgIpc) is 3.43. The van der Waals surface area contributed by atoms with Gasteiger partial charge in [0.15, 0.2) is 0 Å². The van der Waals surface area contributed by atoms with Gasteiger partial charge in [-0.05, 0) is 50.1 Å². The summed E-state index contributed by atoms with van der Waals surface area (Å²) in [6.45, 7) is 8.14. The zero-order valence-corrected chi connectivity index (χ0v) is 20.1. The second kappa shape index (κ2) is 10.5. The molecule has 6 nitrogen and oxygen atoms in total. The van der Waals surface area contributed by atoms with E-state index in [1.165, 1.54) is 12.0 Å². The van der Waals surface area contributed by atoms with Crippen molar-refractivity contribution in [3.05, 3.63) is 84.8 Å². The lowest BCUT2D eigenvalue weighted by Crippen LogP contribution is -2.32. The topological polar surface area (TPSA) is 45.6 Å². The molecule has 6 heteroatoms. The Morgan fingerprint density at radius 2 is 1.85 bits per heavy atom. The van der Waals surface area contributed by atoms with Crippen molar-refractivity contribution in [2.24, 2.45) is 0 Å². The lowest BCUT2D eigenvalue weighted by molar-refractivity contribution is 0.140. The van der Waals surface area contributed by atoms with Crippen molar-refractivity contribution in [3.8, 4) is 0 Å². The van der Waals surface area contributed by atoms with E-state index in [0.29, 0.717) is 6.61 Å². The zero-order chi connectivity index (χ0) is 23.2. The van der Waals surface area contributed by atoms with Gasteiger partial charge in [-0.15, -0.1) is 0 Å². The highest BCUT2D eigenvalue weighted by Gasteiger charge is 2.35. The molecular weight excluding hydrogens is 422 g/mol. The summed E-state index contributed by atoms with van der Waals surface area (Å²) in [6, 6.07) is 19.4. The summed E-state index contributed by atoms with van der Waals surface area (Å²) in [5, 5.41) is 3.60. The van der Waals surface area contributed by atoms with E-state index in [0.717, 1.165) is 62.7 Å². The van der Waals surface area contributed by atoms with Crippen LogP contribution in [0.15, 0.2) is 79.3 Å². The van der Waals surface area contributed by atoms with Gasteiger partial charge in [0.05, 0.1) is 17.6 Å². The van der Waals surface area contributed by atoms with Crippen LogP contribution in [-0.2, 0) is 16.7 Å². The lowest BCUT2D eigenvalue weighted by Gasteiger charge is -2.31. The predicted molar refractivity (Wildman–Crippen MR) is 139 cm³/mol. The molecule has 1 unspecified atom stereocenters. The number of imidazole rings is 1. The van der Waals surface area contributed by atoms with Crippen LogP contribution in [0.3, 0.4) is 0 Å². The first-order valence-corrected chi connectivity index (χ1v) is 12.5. The minimum absolute atomic E-state index is 0.211. The number of nitrogens with zero attached hydrogens (tertiary/aromatic N) is 4. The van der Waals surface area contributed by atoms with Crippen LogP contribution in [-0.4, -0.2) is 53.8 Å². The van der Waals surface area contributed by atoms with E-state index < -0.39 is 0 Å². The average molecular weight is 458 g/mol. The SMILES string of the molecule is CCOCCn1c(N2C=CN(CCC3(c4ccccc4)CCNC3)C=CC2)nc2ccccc21. The largest absolute Gasteiger partial charge is 0.380 e. The fourth-order valence-corrected chi connectivity index (χ4v) is 5.16. The number of ether oxygens (including phenoxy) is 1. The summed E-state index contributed by atoms with van der Waals surface area (Å²) in [7, 11) is 0. The quantitative estimate of drug-likeness (QED) is 0.480. The van der Waals surface area contributed by atoms with Gasteiger partial charge in [0.2, 0.25) is 5.95 Å². The highest BCUT2D eigenvalue weighted by atomic mass is 16.5. The predicted octanol–water partition coefficient (Wildman–Crippen LogP) is 4.50. The third-order valence-electron chi connectivity index (χ3n) is 7.07. The second-order valence-electron chi connectivity index (χ2n) is 9.15. The van der Waals surface area contributed by atoms with Gasteiger partial charge in [-0.25, -0.2) is 4.98 Å². The molecule has 1 fully saturated rings. The van der Waals surface area contributed by atoms with Crippen molar-refractivity contribution in [1.82, 2.24) is 19.8 Å². The summed E-state index contributed by atoms with van der Waals surface area (Å²) >= 11 is 0. The first-order chi connectivity index (χ1) is 16.8. The van der Waals surface area contributed by atoms with Crippen molar-refractivity contribution in [2.45, 2.75) is 31.7 Å². The minimum atomic E-state index is 0.211. The van der Waals surface area contributed by atoms with Crippen LogP contribution in [0.5, 0.6) is 0 Å². The van der Waals surface area contributed by atoms with E-state index in [-0.39, 0.29) is 5.41 Å². The molecule has 0 radical (unpaired) electrons. The summed E-state index contributed by atoms with van der Waals surface area (Å²) in [5.41, 5.74) is 3.83. The van der Waals surface area contributed by atoms with Crippen LogP contribution < -0.4 is 10.2 Å². The van der Waals surface area contributed by atoms with Gasteiger partial charge in [0, 0.05) is 56.8 Å². The Hall–Kier alpha value is -3.09. The molecule has 2 aliphatic rings. The molecule has 1 N–H and O–H groups in total. The first kappa shape index (κ1) is 22.7. The van der Waals surface area contributed by atoms with Crippen molar-refractivity contribution >= 4 is 17.0 Å². The highest BCUT2D eigenvalue weighted by Crippen LogP contribution is 2.34. The standard InChI is InChI=1S/C28H35N5O/c1-2-34-22-21-33-26-12-7-6-11-25(26)30-27(33)32-17-8-16-31(19-20-32)18-14-28(13-15-29-23-28)24-9-4-3-5-10-24/h3-12,16,19-20,29H,2,13-15,17-18,21-23H2,1H3. The molecule has 0 spiro atoms. The third-order valence-corrected chi connectivity index (χ3v) is 7.07. The van der Waals surface area contributed by atoms with Gasteiger partial charge in [0.25, 0.3) is 0 Å². The molecule has 34 heavy (non-hydrogen) atoms. The van der Waals surface area contributed by atoms with E-state index >= 15 is 0 Å². The molecule has 5 rings (SSSR count). The van der Waals surface area contributed by atoms with Crippen molar-refractivity contribution in [2.75, 3.05) is 44.3 Å². The van der Waals surface area contributed by atoms with Gasteiger partial charge >= 0.3 is 0 Å². The molecule has 3 aromatic rings. The number of aromatic nitrogens is 2. The Bertz CT molecular complexity index is 1130. The number of hydrogen-bond donors (Lipinski definition) is 1. The number of anilines is 1. The number of fused-ring (bicyclic) bond motifs is 1. The van der Waals surface area contributed by atoms with E-state index in [2.05, 4.69) is 92.9 Å². The third kappa shape index (κ3) is 4.74. The van der Waals surface area contributed by atoms with Gasteiger partial charge in [-0.3, -0.25) is 0 Å². The Morgan fingerprint density at radius 1 is 1.00 bits per heavy atom. The van der Waals surface area contributed by atoms with Crippen LogP contribution in [0.4, 0.5) is 5.95 Å². The van der Waals surface area contributed by atoms with Crippen LogP contribution in [0, 0.1) is 0 Å². The molecular formula is C28H35N5O. The molecule has 0 aliphatic carbocycles. The summed E-state index contributed by atoms with van der Waals surface area (Å²) in [5.74, 6) is 0.962. The monoisotopic (exact) mass is 457 g/mol. The van der Waals surface area contributed by atoms with Gasteiger partial charge in [-0.1, -0.05) is 42.5 Å². The zero-order valence-electron chi connectivity index (χ0n) is 20.1. The summed E-state index contributed by atoms with van der Waals surface area (Å²) in [4.78, 5) is 9.51. The van der Waals surface area contributed by atoms with Gasteiger partial charge in [0.1, 0.15) is 0 Å². The maximum atomic E-state index is 5.65. The smallest absolute Gasteiger partial charge is 0.211 e. The van der Waals surface area contributed by atoms with E-state index in [1.807, 2.05) is 13.0 Å². The minimum Gasteiger partial charge on any atom is -0.380 e. The van der Waals surface area contributed by atoms with E-state index in [9.17, 15) is 0 Å². The Kier molecular flexibility index (Phi) is 6.97. The number of hydrogen-bond acceptors (Lipinski definition) is 5. The fourth-order valence-electron chi connectivity index (χ4n) is 5.16. The molecule has 178 valence electrons. The molecule has 1 atom stereocenters. The Morgan fingerprint density at radius 3 is 2.68 bits per heavy atom. The number of nitrogens with one attached hydrogen (secondary N) is 1. The summed E-state index contributed by atoms with van der Waals surface area (Å²) < 4.78 is 7.93. The van der Waals surface area contributed by atoms with E-state index in [1.54, 1.807) is 0 Å². The van der Waals surface area contributed by atoms with Gasteiger partial charge < -0.3 is 24.4 Å². The number of rotatable bonds is 9. The maximum absolute atomic E-state index is 5.65. The van der Waals surface area contributed by atoms with E-state index in [4.69, 9.17) is 9.72 Å². The molecule has 2 aliphatic heterocycles. The molecule has 0 amide bonds. The normalized spacial score (nSPS) is 20.4. The molecule has 2 aromatic carbocycles. The second-order valence-corrected chi connectivity index (χ2v) is 9.15. The Balaban J connectivity index is 1.32. The van der Waals surface area contributed by atoms with Crippen LogP contribution >= 0.6 is 0 Å². The fraction of sp³-hybridized carbons (Fsp3) is 0.393. The van der Waals surface area contributed by atoms with Crippen molar-refractivity contribution < 1.29 is 4.74 Å². The molecule has 0 saturated carbocycles. The molecule has 3 heterocycles. The number of para-hydroxylation sites is 2. The van der Waals surface area contributed by atoms with Crippen LogP contribution in [0.25, 0.3) is 11.0 Å². The maximum Gasteiger partial charge on any atom is 0.211 e. The Labute approximate surface area is 202 Å². The molecule has 1 saturated heterocycles. The lowest BCUT2D eigenvalue weighted by atomic mass is 9.77. The van der Waals surface area contributed by atoms with Crippen molar-refractivity contribution in [1.29, 1.82) is 0 Å². The van der Waals surface area contributed by atoms with Gasteiger partial charge in [-0.2, -0.15) is 0 Å². The van der Waals surface area contributed by atoms with Crippen molar-refractivity contribution in [3.63, 3.8) is 0 Å².